The molecule has 1 fully saturated rings. The third-order valence-electron chi connectivity index (χ3n) is 3.00. The highest BCUT2D eigenvalue weighted by molar-refractivity contribution is 6.29. The molecule has 0 radical (unpaired) electrons. The fourth-order valence-electron chi connectivity index (χ4n) is 1.97. The lowest BCUT2D eigenvalue weighted by molar-refractivity contribution is 0.198. The molecule has 3 nitrogen and oxygen atoms in total. The minimum atomic E-state index is 0.398. The van der Waals surface area contributed by atoms with Crippen LogP contribution in [0.4, 0.5) is 0 Å². The van der Waals surface area contributed by atoms with Crippen LogP contribution < -0.4 is 5.32 Å². The minimum absolute atomic E-state index is 0.398. The number of nitrogens with zero attached hydrogens (tertiary/aromatic N) is 1. The summed E-state index contributed by atoms with van der Waals surface area (Å²) in [5.74, 6) is 0. The van der Waals surface area contributed by atoms with E-state index in [1.165, 1.54) is 18.4 Å². The molecule has 1 aromatic rings. The second-order valence-electron chi connectivity index (χ2n) is 4.40. The molecule has 0 aliphatic carbocycles. The smallest absolute Gasteiger partial charge is 0.129 e. The summed E-state index contributed by atoms with van der Waals surface area (Å²) in [6, 6.07) is 4.25. The van der Waals surface area contributed by atoms with E-state index >= 15 is 0 Å². The van der Waals surface area contributed by atoms with Gasteiger partial charge in [-0.25, -0.2) is 4.98 Å². The molecule has 3 heterocycles. The Kier molecular flexibility index (Phi) is 5.65. The summed E-state index contributed by atoms with van der Waals surface area (Å²) < 4.78 is 4.94. The average Bonchev–Trinajstić information content (AvgIpc) is 3.00. The Morgan fingerprint density at radius 3 is 2.56 bits per heavy atom. The first kappa shape index (κ1) is 13.5. The quantitative estimate of drug-likeness (QED) is 0.626. The van der Waals surface area contributed by atoms with Gasteiger partial charge in [0.15, 0.2) is 0 Å². The van der Waals surface area contributed by atoms with Gasteiger partial charge in [-0.05, 0) is 30.9 Å². The molecule has 0 saturated carbocycles. The Morgan fingerprint density at radius 2 is 2.06 bits per heavy atom. The summed E-state index contributed by atoms with van der Waals surface area (Å²) in [7, 11) is 0. The fourth-order valence-corrected chi connectivity index (χ4v) is 2.08. The van der Waals surface area contributed by atoms with Crippen LogP contribution in [-0.2, 0) is 4.74 Å². The third kappa shape index (κ3) is 4.41. The van der Waals surface area contributed by atoms with E-state index in [-0.39, 0.29) is 0 Å². The molecule has 0 spiro atoms. The normalized spacial score (nSPS) is 22.4. The van der Waals surface area contributed by atoms with Crippen molar-refractivity contribution < 1.29 is 4.74 Å². The Bertz CT molecular complexity index is 366. The van der Waals surface area contributed by atoms with Crippen LogP contribution in [0.15, 0.2) is 30.5 Å². The molecule has 0 bridgehead atoms. The first-order valence-corrected chi connectivity index (χ1v) is 6.81. The number of hydrogen-bond donors (Lipinski definition) is 1. The van der Waals surface area contributed by atoms with Crippen LogP contribution in [0.1, 0.15) is 30.9 Å². The van der Waals surface area contributed by atoms with E-state index in [1.54, 1.807) is 0 Å². The van der Waals surface area contributed by atoms with Crippen molar-refractivity contribution in [3.05, 3.63) is 41.2 Å². The van der Waals surface area contributed by atoms with Gasteiger partial charge in [0.25, 0.3) is 0 Å². The molecule has 2 aliphatic heterocycles. The Hall–Kier alpha value is -0.900. The largest absolute Gasteiger partial charge is 0.381 e. The van der Waals surface area contributed by atoms with Crippen LogP contribution >= 0.6 is 11.6 Å². The van der Waals surface area contributed by atoms with Crippen molar-refractivity contribution in [2.45, 2.75) is 25.3 Å². The number of ether oxygens (including phenoxy) is 1. The molecule has 0 aromatic carbocycles. The van der Waals surface area contributed by atoms with E-state index in [4.69, 9.17) is 16.3 Å². The second-order valence-corrected chi connectivity index (χ2v) is 4.79. The van der Waals surface area contributed by atoms with Gasteiger partial charge >= 0.3 is 0 Å². The molecule has 1 atom stereocenters. The van der Waals surface area contributed by atoms with Gasteiger partial charge in [-0.3, -0.25) is 0 Å². The van der Waals surface area contributed by atoms with Crippen molar-refractivity contribution in [3.8, 4) is 0 Å². The van der Waals surface area contributed by atoms with Crippen molar-refractivity contribution >= 4 is 11.6 Å². The number of halogens is 1. The third-order valence-corrected chi connectivity index (χ3v) is 3.22. The van der Waals surface area contributed by atoms with Gasteiger partial charge in [-0.15, -0.1) is 0 Å². The first-order valence-electron chi connectivity index (χ1n) is 6.44. The van der Waals surface area contributed by atoms with Crippen molar-refractivity contribution in [1.82, 2.24) is 10.3 Å². The topological polar surface area (TPSA) is 34.1 Å². The van der Waals surface area contributed by atoms with Gasteiger partial charge < -0.3 is 10.1 Å². The van der Waals surface area contributed by atoms with Crippen molar-refractivity contribution in [2.75, 3.05) is 19.8 Å². The summed E-state index contributed by atoms with van der Waals surface area (Å²) in [5.41, 5.74) is 1.20. The van der Waals surface area contributed by atoms with Crippen molar-refractivity contribution in [1.29, 1.82) is 0 Å². The maximum Gasteiger partial charge on any atom is 0.129 e. The lowest BCUT2D eigenvalue weighted by Crippen LogP contribution is -2.23. The highest BCUT2D eigenvalue weighted by Crippen LogP contribution is 2.19. The number of nitrogens with one attached hydrogen (secondary N) is 1. The van der Waals surface area contributed by atoms with Gasteiger partial charge in [0.2, 0.25) is 0 Å². The van der Waals surface area contributed by atoms with E-state index in [1.807, 2.05) is 18.3 Å². The SMILES string of the molecule is C1CCOC1.Clc1ccc(C2CC=CCN2)cn1. The highest BCUT2D eigenvalue weighted by Gasteiger charge is 2.10. The van der Waals surface area contributed by atoms with Crippen LogP contribution in [0.2, 0.25) is 5.15 Å². The Labute approximate surface area is 113 Å². The summed E-state index contributed by atoms with van der Waals surface area (Å²) in [6.07, 6.45) is 9.75. The molecule has 1 N–H and O–H groups in total. The zero-order valence-electron chi connectivity index (χ0n) is 10.4. The highest BCUT2D eigenvalue weighted by atomic mass is 35.5. The van der Waals surface area contributed by atoms with Gasteiger partial charge in [-0.2, -0.15) is 0 Å². The monoisotopic (exact) mass is 266 g/mol. The van der Waals surface area contributed by atoms with E-state index in [0.717, 1.165) is 26.2 Å². The predicted octanol–water partition coefficient (Wildman–Crippen LogP) is 3.12. The first-order chi connectivity index (χ1) is 8.86. The Balaban J connectivity index is 0.000000202. The van der Waals surface area contributed by atoms with Crippen LogP contribution in [0.25, 0.3) is 0 Å². The minimum Gasteiger partial charge on any atom is -0.381 e. The van der Waals surface area contributed by atoms with Gasteiger partial charge in [-0.1, -0.05) is 29.8 Å². The lowest BCUT2D eigenvalue weighted by atomic mass is 10.0. The molecule has 1 aromatic heterocycles. The maximum absolute atomic E-state index is 5.71. The van der Waals surface area contributed by atoms with E-state index < -0.39 is 0 Å². The van der Waals surface area contributed by atoms with E-state index in [9.17, 15) is 0 Å². The lowest BCUT2D eigenvalue weighted by Gasteiger charge is -2.19. The standard InChI is InChI=1S/C10H11ClN2.C4H8O/c11-10-5-4-8(7-13-10)9-3-1-2-6-12-9;1-2-4-5-3-1/h1-2,4-5,7,9,12H,3,6H2;1-4H2. The summed E-state index contributed by atoms with van der Waals surface area (Å²) in [6.45, 7) is 2.94. The van der Waals surface area contributed by atoms with Crippen molar-refractivity contribution in [2.24, 2.45) is 0 Å². The molecule has 3 rings (SSSR count). The van der Waals surface area contributed by atoms with E-state index in [0.29, 0.717) is 11.2 Å². The molecule has 0 amide bonds. The van der Waals surface area contributed by atoms with Gasteiger partial charge in [0, 0.05) is 32.0 Å². The molecular weight excluding hydrogens is 248 g/mol. The zero-order valence-corrected chi connectivity index (χ0v) is 11.2. The second kappa shape index (κ2) is 7.52. The van der Waals surface area contributed by atoms with Crippen LogP contribution in [0.5, 0.6) is 0 Å². The van der Waals surface area contributed by atoms with Gasteiger partial charge in [0.05, 0.1) is 0 Å². The summed E-state index contributed by atoms with van der Waals surface area (Å²) in [5, 5.41) is 3.94. The molecule has 2 aliphatic rings. The number of pyridine rings is 1. The van der Waals surface area contributed by atoms with Crippen LogP contribution in [0, 0.1) is 0 Å². The molecule has 1 saturated heterocycles. The summed E-state index contributed by atoms with van der Waals surface area (Å²) >= 11 is 5.71. The van der Waals surface area contributed by atoms with Crippen LogP contribution in [0.3, 0.4) is 0 Å². The van der Waals surface area contributed by atoms with E-state index in [2.05, 4.69) is 22.5 Å². The predicted molar refractivity (Wildman–Crippen MR) is 73.8 cm³/mol. The Morgan fingerprint density at radius 1 is 1.22 bits per heavy atom. The molecular formula is C14H19ClN2O. The number of rotatable bonds is 1. The molecule has 98 valence electrons. The average molecular weight is 267 g/mol. The molecule has 18 heavy (non-hydrogen) atoms. The zero-order chi connectivity index (χ0) is 12.6. The molecule has 4 heteroatoms. The van der Waals surface area contributed by atoms with Crippen molar-refractivity contribution in [3.63, 3.8) is 0 Å². The molecule has 1 unspecified atom stereocenters. The maximum atomic E-state index is 5.71. The number of hydrogen-bond acceptors (Lipinski definition) is 3. The van der Waals surface area contributed by atoms with Gasteiger partial charge in [0.1, 0.15) is 5.15 Å². The summed E-state index contributed by atoms with van der Waals surface area (Å²) in [4.78, 5) is 4.06. The van der Waals surface area contributed by atoms with Crippen LogP contribution in [-0.4, -0.2) is 24.7 Å². The number of aromatic nitrogens is 1. The fraction of sp³-hybridized carbons (Fsp3) is 0.500.